The topological polar surface area (TPSA) is 74.5 Å². The molecule has 0 saturated carbocycles. The molecule has 6 heteroatoms. The zero-order valence-electron chi connectivity index (χ0n) is 14.2. The van der Waals surface area contributed by atoms with Gasteiger partial charge in [-0.25, -0.2) is 4.79 Å². The first-order valence-corrected chi connectivity index (χ1v) is 8.91. The number of amides is 2. The molecule has 0 spiro atoms. The summed E-state index contributed by atoms with van der Waals surface area (Å²) in [5.41, 5.74) is 1.76. The van der Waals surface area contributed by atoms with Crippen LogP contribution in [-0.2, 0) is 0 Å². The molecule has 24 heavy (non-hydrogen) atoms. The van der Waals surface area contributed by atoms with E-state index >= 15 is 0 Å². The lowest BCUT2D eigenvalue weighted by Crippen LogP contribution is -2.32. The molecule has 2 aromatic rings. The van der Waals surface area contributed by atoms with E-state index in [1.807, 2.05) is 30.8 Å². The molecule has 0 aliphatic carbocycles. The van der Waals surface area contributed by atoms with Gasteiger partial charge in [0, 0.05) is 15.8 Å². The Hall–Kier alpha value is -1.92. The maximum Gasteiger partial charge on any atom is 0.319 e. The molecule has 0 saturated heterocycles. The second kappa shape index (κ2) is 8.80. The highest BCUT2D eigenvalue weighted by atomic mass is 32.2. The molecule has 0 bridgehead atoms. The highest BCUT2D eigenvalue weighted by Gasteiger charge is 2.12. The first-order valence-electron chi connectivity index (χ1n) is 8.03. The molecule has 1 aromatic heterocycles. The number of rotatable bonds is 7. The van der Waals surface area contributed by atoms with Crippen LogP contribution in [0.25, 0.3) is 0 Å². The number of carbonyl (C=O) groups is 1. The van der Waals surface area contributed by atoms with E-state index in [-0.39, 0.29) is 12.6 Å². The van der Waals surface area contributed by atoms with Crippen molar-refractivity contribution >= 4 is 23.5 Å². The van der Waals surface area contributed by atoms with Crippen molar-refractivity contribution in [2.45, 2.75) is 43.4 Å². The van der Waals surface area contributed by atoms with Gasteiger partial charge in [0.05, 0.1) is 12.8 Å². The van der Waals surface area contributed by atoms with E-state index in [4.69, 9.17) is 4.42 Å². The van der Waals surface area contributed by atoms with E-state index in [0.717, 1.165) is 17.7 Å². The average Bonchev–Trinajstić information content (AvgIpc) is 3.09. The van der Waals surface area contributed by atoms with Crippen LogP contribution in [0.4, 0.5) is 10.5 Å². The number of anilines is 1. The van der Waals surface area contributed by atoms with Gasteiger partial charge in [0.15, 0.2) is 0 Å². The lowest BCUT2D eigenvalue weighted by atomic mass is 10.2. The monoisotopic (exact) mass is 348 g/mol. The molecule has 2 amide bonds. The minimum Gasteiger partial charge on any atom is -0.467 e. The average molecular weight is 348 g/mol. The van der Waals surface area contributed by atoms with E-state index in [9.17, 15) is 9.90 Å². The van der Waals surface area contributed by atoms with Gasteiger partial charge in [0.25, 0.3) is 0 Å². The van der Waals surface area contributed by atoms with Crippen LogP contribution in [0.3, 0.4) is 0 Å². The summed E-state index contributed by atoms with van der Waals surface area (Å²) in [6, 6.07) is 9.00. The van der Waals surface area contributed by atoms with Crippen molar-refractivity contribution in [1.82, 2.24) is 5.32 Å². The largest absolute Gasteiger partial charge is 0.467 e. The number of carbonyl (C=O) groups excluding carboxylic acids is 1. The zero-order valence-corrected chi connectivity index (χ0v) is 15.0. The maximum atomic E-state index is 12.0. The van der Waals surface area contributed by atoms with Gasteiger partial charge in [-0.05, 0) is 49.2 Å². The first kappa shape index (κ1) is 18.4. The van der Waals surface area contributed by atoms with Gasteiger partial charge >= 0.3 is 6.03 Å². The fourth-order valence-electron chi connectivity index (χ4n) is 2.10. The quantitative estimate of drug-likeness (QED) is 0.651. The summed E-state index contributed by atoms with van der Waals surface area (Å²) >= 11 is 1.83. The Kier molecular flexibility index (Phi) is 6.75. The molecule has 0 radical (unpaired) electrons. The molecule has 2 rings (SSSR count). The fourth-order valence-corrected chi connectivity index (χ4v) is 3.13. The summed E-state index contributed by atoms with van der Waals surface area (Å²) in [7, 11) is 0. The van der Waals surface area contributed by atoms with E-state index in [1.54, 1.807) is 12.1 Å². The second-order valence-electron chi connectivity index (χ2n) is 5.68. The smallest absolute Gasteiger partial charge is 0.319 e. The van der Waals surface area contributed by atoms with E-state index in [2.05, 4.69) is 30.5 Å². The van der Waals surface area contributed by atoms with Gasteiger partial charge in [-0.2, -0.15) is 0 Å². The summed E-state index contributed by atoms with van der Waals surface area (Å²) in [6.07, 6.45) is 1.74. The Morgan fingerprint density at radius 1 is 1.38 bits per heavy atom. The van der Waals surface area contributed by atoms with E-state index in [0.29, 0.717) is 11.0 Å². The highest BCUT2D eigenvalue weighted by Crippen LogP contribution is 2.28. The van der Waals surface area contributed by atoms with Gasteiger partial charge in [-0.15, -0.1) is 11.8 Å². The summed E-state index contributed by atoms with van der Waals surface area (Å²) in [5, 5.41) is 15.9. The van der Waals surface area contributed by atoms with Crippen LogP contribution in [0.15, 0.2) is 45.9 Å². The molecule has 0 fully saturated rings. The third-order valence-corrected chi connectivity index (χ3v) is 4.95. The molecule has 1 aromatic carbocycles. The van der Waals surface area contributed by atoms with Crippen LogP contribution < -0.4 is 10.6 Å². The van der Waals surface area contributed by atoms with Gasteiger partial charge in [0.1, 0.15) is 11.9 Å². The predicted octanol–water partition coefficient (Wildman–Crippen LogP) is 4.33. The number of hydrogen-bond donors (Lipinski definition) is 3. The summed E-state index contributed by atoms with van der Waals surface area (Å²) in [5.74, 6) is 0.429. The third-order valence-electron chi connectivity index (χ3n) is 3.69. The number of aliphatic hydroxyl groups is 1. The number of urea groups is 1. The van der Waals surface area contributed by atoms with Crippen LogP contribution in [0.1, 0.15) is 37.7 Å². The molecule has 0 aliphatic heterocycles. The van der Waals surface area contributed by atoms with Gasteiger partial charge in [-0.1, -0.05) is 13.8 Å². The summed E-state index contributed by atoms with van der Waals surface area (Å²) in [6.45, 7) is 6.42. The number of aliphatic hydroxyl groups excluding tert-OH is 1. The van der Waals surface area contributed by atoms with Gasteiger partial charge in [0.2, 0.25) is 0 Å². The van der Waals surface area contributed by atoms with Crippen LogP contribution in [0.2, 0.25) is 0 Å². The minimum absolute atomic E-state index is 0.0837. The Labute approximate surface area is 146 Å². The minimum atomic E-state index is -0.860. The Balaban J connectivity index is 1.87. The molecule has 0 aliphatic rings. The van der Waals surface area contributed by atoms with Crippen molar-refractivity contribution < 1.29 is 14.3 Å². The van der Waals surface area contributed by atoms with Crippen molar-refractivity contribution in [3.63, 3.8) is 0 Å². The third kappa shape index (κ3) is 5.32. The van der Waals surface area contributed by atoms with Crippen molar-refractivity contribution in [3.05, 3.63) is 47.9 Å². The molecule has 2 atom stereocenters. The number of hydrogen-bond acceptors (Lipinski definition) is 4. The molecular weight excluding hydrogens is 324 g/mol. The van der Waals surface area contributed by atoms with Gasteiger partial charge < -0.3 is 20.2 Å². The molecule has 130 valence electrons. The van der Waals surface area contributed by atoms with Crippen LogP contribution >= 0.6 is 11.8 Å². The standard InChI is InChI=1S/C18H24N2O3S/c1-4-13(3)24-14-7-8-15(12(2)10-14)20-18(22)19-11-16(21)17-6-5-9-23-17/h5-10,13,16,21H,4,11H2,1-3H3,(H2,19,20,22). The van der Waals surface area contributed by atoms with E-state index < -0.39 is 6.10 Å². The molecule has 5 nitrogen and oxygen atoms in total. The van der Waals surface area contributed by atoms with Crippen molar-refractivity contribution in [1.29, 1.82) is 0 Å². The molecular formula is C18H24N2O3S. The van der Waals surface area contributed by atoms with Crippen LogP contribution in [0, 0.1) is 6.92 Å². The number of aryl methyl sites for hydroxylation is 1. The lowest BCUT2D eigenvalue weighted by Gasteiger charge is -2.14. The summed E-state index contributed by atoms with van der Waals surface area (Å²) in [4.78, 5) is 13.2. The van der Waals surface area contributed by atoms with Gasteiger partial charge in [-0.3, -0.25) is 0 Å². The molecule has 1 heterocycles. The van der Waals surface area contributed by atoms with E-state index in [1.165, 1.54) is 11.2 Å². The Bertz CT molecular complexity index is 658. The fraction of sp³-hybridized carbons (Fsp3) is 0.389. The maximum absolute atomic E-state index is 12.0. The molecule has 2 unspecified atom stereocenters. The Morgan fingerprint density at radius 2 is 2.17 bits per heavy atom. The number of nitrogens with one attached hydrogen (secondary N) is 2. The van der Waals surface area contributed by atoms with Crippen molar-refractivity contribution in [2.75, 3.05) is 11.9 Å². The van der Waals surface area contributed by atoms with Crippen LogP contribution in [-0.4, -0.2) is 22.9 Å². The van der Waals surface area contributed by atoms with Crippen molar-refractivity contribution in [3.8, 4) is 0 Å². The zero-order chi connectivity index (χ0) is 17.5. The molecule has 3 N–H and O–H groups in total. The Morgan fingerprint density at radius 3 is 2.79 bits per heavy atom. The normalized spacial score (nSPS) is 13.3. The SMILES string of the molecule is CCC(C)Sc1ccc(NC(=O)NCC(O)c2ccco2)c(C)c1. The highest BCUT2D eigenvalue weighted by molar-refractivity contribution is 7.99. The first-order chi connectivity index (χ1) is 11.5. The lowest BCUT2D eigenvalue weighted by molar-refractivity contribution is 0.149. The number of benzene rings is 1. The number of furan rings is 1. The predicted molar refractivity (Wildman–Crippen MR) is 97.5 cm³/mol. The second-order valence-corrected chi connectivity index (χ2v) is 7.19. The van der Waals surface area contributed by atoms with Crippen molar-refractivity contribution in [2.24, 2.45) is 0 Å². The summed E-state index contributed by atoms with van der Waals surface area (Å²) < 4.78 is 5.09. The van der Waals surface area contributed by atoms with Crippen LogP contribution in [0.5, 0.6) is 0 Å². The number of thioether (sulfide) groups is 1.